The number of fused-ring (bicyclic) bond motifs is 4. The lowest BCUT2D eigenvalue weighted by Gasteiger charge is -2.32. The summed E-state index contributed by atoms with van der Waals surface area (Å²) in [5.41, 5.74) is 16.2. The van der Waals surface area contributed by atoms with Crippen LogP contribution >= 0.6 is 0 Å². The van der Waals surface area contributed by atoms with Gasteiger partial charge in [-0.2, -0.15) is 0 Å². The van der Waals surface area contributed by atoms with Gasteiger partial charge in [-0.15, -0.1) is 0 Å². The van der Waals surface area contributed by atoms with E-state index >= 15 is 0 Å². The highest BCUT2D eigenvalue weighted by molar-refractivity contribution is 5.89. The molecule has 12 nitrogen and oxygen atoms in total. The number of rotatable bonds is 14. The lowest BCUT2D eigenvalue weighted by molar-refractivity contribution is -0.112. The molecule has 0 aliphatic carbocycles. The number of pyridine rings is 2. The van der Waals surface area contributed by atoms with E-state index in [1.165, 1.54) is 18.2 Å². The largest absolute Gasteiger partial charge is 0.400 e. The first-order chi connectivity index (χ1) is 22.5. The Morgan fingerprint density at radius 3 is 2.66 bits per heavy atom. The molecule has 0 spiro atoms. The van der Waals surface area contributed by atoms with Gasteiger partial charge in [0.1, 0.15) is 12.1 Å². The number of likely N-dealkylation sites (tertiary alicyclic amines) is 1. The molecule has 1 aromatic carbocycles. The maximum atomic E-state index is 14.9. The highest BCUT2D eigenvalue weighted by Gasteiger charge is 2.34. The molecular formula is C34H47FN8O4. The number of aryl methyl sites for hydroxylation is 1. The molecule has 4 heterocycles. The molecule has 7 N–H and O–H groups in total. The number of nitrogens with two attached hydrogens (primary N) is 3. The standard InChI is InChI=1S/C34H47FN8O4/c1-5-34(37,19-44)28-11-31-32-26(16-43(31)33(45)27(28)18-46-4)25(24-10-21(2)29(35)12-30(24)40-32)15-42(38)14-23(36)13-41-8-6-22(7-9-41)17-47-20-39-3/h10-12,14,19,22,39H,5-9,13,15-18,20,36-38H2,1-4H3/b23-14-/t34-/m1/s1. The minimum atomic E-state index is -1.39. The summed E-state index contributed by atoms with van der Waals surface area (Å²) in [7, 11) is 3.36. The summed E-state index contributed by atoms with van der Waals surface area (Å²) in [6.45, 7) is 7.67. The van der Waals surface area contributed by atoms with Crippen molar-refractivity contribution in [3.8, 4) is 11.4 Å². The van der Waals surface area contributed by atoms with Gasteiger partial charge in [-0.25, -0.2) is 15.2 Å². The number of aromatic nitrogens is 2. The first-order valence-electron chi connectivity index (χ1n) is 16.1. The van der Waals surface area contributed by atoms with Crippen LogP contribution in [0.15, 0.2) is 34.9 Å². The number of halogens is 1. The molecule has 1 fully saturated rings. The van der Waals surface area contributed by atoms with Crippen LogP contribution in [0.4, 0.5) is 4.39 Å². The molecule has 0 bridgehead atoms. The van der Waals surface area contributed by atoms with Crippen LogP contribution in [0.3, 0.4) is 0 Å². The second-order valence-electron chi connectivity index (χ2n) is 12.8. The summed E-state index contributed by atoms with van der Waals surface area (Å²) in [6, 6.07) is 4.92. The number of ether oxygens (including phenoxy) is 2. The Morgan fingerprint density at radius 2 is 2.00 bits per heavy atom. The van der Waals surface area contributed by atoms with Gasteiger partial charge >= 0.3 is 0 Å². The maximum Gasteiger partial charge on any atom is 0.257 e. The first kappa shape index (κ1) is 34.6. The van der Waals surface area contributed by atoms with E-state index in [1.54, 1.807) is 36.7 Å². The van der Waals surface area contributed by atoms with Crippen LogP contribution < -0.4 is 28.2 Å². The molecule has 13 heteroatoms. The number of carbonyl (C=O) groups is 1. The Labute approximate surface area is 274 Å². The second-order valence-corrected chi connectivity index (χ2v) is 12.8. The number of piperidine rings is 1. The molecular weight excluding hydrogens is 603 g/mol. The Morgan fingerprint density at radius 1 is 1.26 bits per heavy atom. The van der Waals surface area contributed by atoms with E-state index in [2.05, 4.69) is 10.2 Å². The normalized spacial score (nSPS) is 16.7. The van der Waals surface area contributed by atoms with Gasteiger partial charge in [-0.1, -0.05) is 6.92 Å². The summed E-state index contributed by atoms with van der Waals surface area (Å²) in [5.74, 6) is 6.72. The quantitative estimate of drug-likeness (QED) is 0.0519. The van der Waals surface area contributed by atoms with Gasteiger partial charge in [0.05, 0.1) is 55.5 Å². The van der Waals surface area contributed by atoms with Crippen molar-refractivity contribution in [3.63, 3.8) is 0 Å². The van der Waals surface area contributed by atoms with Crippen LogP contribution in [-0.4, -0.2) is 72.9 Å². The summed E-state index contributed by atoms with van der Waals surface area (Å²) in [4.78, 5) is 33.3. The fraction of sp³-hybridized carbons (Fsp3) is 0.500. The predicted octanol–water partition coefficient (Wildman–Crippen LogP) is 2.16. The highest BCUT2D eigenvalue weighted by Crippen LogP contribution is 2.38. The minimum absolute atomic E-state index is 0.00725. The Kier molecular flexibility index (Phi) is 10.7. The SMILES string of the molecule is CC[C@@](N)(C=O)c1cc2n(c(=O)c1COC)Cc1c-2nc2cc(F)c(C)cc2c1CN(N)/C=C(\N)CN1CCC(COCNC)CC1. The van der Waals surface area contributed by atoms with Crippen molar-refractivity contribution in [1.82, 2.24) is 24.8 Å². The van der Waals surface area contributed by atoms with Crippen LogP contribution in [0.1, 0.15) is 54.0 Å². The van der Waals surface area contributed by atoms with Gasteiger partial charge in [0.2, 0.25) is 0 Å². The van der Waals surface area contributed by atoms with Crippen molar-refractivity contribution in [2.45, 2.75) is 58.3 Å². The molecule has 2 aromatic heterocycles. The first-order valence-corrected chi connectivity index (χ1v) is 16.1. The van der Waals surface area contributed by atoms with Gasteiger partial charge < -0.3 is 35.3 Å². The number of hydrogen-bond donors (Lipinski definition) is 4. The number of nitrogens with one attached hydrogen (secondary N) is 1. The average Bonchev–Trinajstić information content (AvgIpc) is 3.42. The van der Waals surface area contributed by atoms with Crippen molar-refractivity contribution in [1.29, 1.82) is 0 Å². The Hall–Kier alpha value is -3.72. The number of nitrogens with zero attached hydrogens (tertiary/aromatic N) is 4. The van der Waals surface area contributed by atoms with Crippen molar-refractivity contribution in [2.75, 3.05) is 47.1 Å². The molecule has 0 amide bonds. The smallest absolute Gasteiger partial charge is 0.257 e. The van der Waals surface area contributed by atoms with Crippen LogP contribution in [-0.2, 0) is 39.5 Å². The Balaban J connectivity index is 1.48. The molecule has 1 atom stereocenters. The number of benzene rings is 1. The van der Waals surface area contributed by atoms with E-state index in [0.717, 1.165) is 49.1 Å². The van der Waals surface area contributed by atoms with Crippen LogP contribution in [0.25, 0.3) is 22.3 Å². The number of methoxy groups -OCH3 is 1. The molecule has 0 saturated carbocycles. The van der Waals surface area contributed by atoms with E-state index < -0.39 is 5.54 Å². The number of aldehydes is 1. The summed E-state index contributed by atoms with van der Waals surface area (Å²) in [5, 5.41) is 5.27. The van der Waals surface area contributed by atoms with Gasteiger partial charge in [0.15, 0.2) is 0 Å². The third kappa shape index (κ3) is 7.10. The molecule has 0 unspecified atom stereocenters. The average molecular weight is 651 g/mol. The monoisotopic (exact) mass is 650 g/mol. The molecule has 5 rings (SSSR count). The van der Waals surface area contributed by atoms with Crippen molar-refractivity contribution in [2.24, 2.45) is 23.2 Å². The van der Waals surface area contributed by atoms with E-state index in [-0.39, 0.29) is 37.5 Å². The van der Waals surface area contributed by atoms with E-state index in [4.69, 9.17) is 31.8 Å². The molecule has 47 heavy (non-hydrogen) atoms. The zero-order chi connectivity index (χ0) is 33.9. The van der Waals surface area contributed by atoms with E-state index in [1.807, 2.05) is 7.05 Å². The van der Waals surface area contributed by atoms with Gasteiger partial charge in [-0.3, -0.25) is 15.0 Å². The molecule has 1 saturated heterocycles. The molecule has 0 radical (unpaired) electrons. The van der Waals surface area contributed by atoms with Crippen molar-refractivity contribution >= 4 is 17.2 Å². The fourth-order valence-electron chi connectivity index (χ4n) is 6.68. The van der Waals surface area contributed by atoms with E-state index in [9.17, 15) is 14.0 Å². The number of hydrazine groups is 1. The van der Waals surface area contributed by atoms with Crippen molar-refractivity contribution < 1.29 is 18.7 Å². The second kappa shape index (κ2) is 14.6. The van der Waals surface area contributed by atoms with Crippen LogP contribution in [0.5, 0.6) is 0 Å². The fourth-order valence-corrected chi connectivity index (χ4v) is 6.68. The molecule has 254 valence electrons. The van der Waals surface area contributed by atoms with Crippen LogP contribution in [0, 0.1) is 18.7 Å². The zero-order valence-electron chi connectivity index (χ0n) is 27.8. The topological polar surface area (TPSA) is 167 Å². The Bertz CT molecular complexity index is 1720. The van der Waals surface area contributed by atoms with E-state index in [0.29, 0.717) is 64.8 Å². The van der Waals surface area contributed by atoms with Gasteiger partial charge in [0.25, 0.3) is 5.56 Å². The van der Waals surface area contributed by atoms with Gasteiger partial charge in [-0.05, 0) is 81.1 Å². The molecule has 2 aliphatic heterocycles. The summed E-state index contributed by atoms with van der Waals surface area (Å²) in [6.07, 6.45) is 4.75. The molecule has 2 aliphatic rings. The third-order valence-corrected chi connectivity index (χ3v) is 9.41. The zero-order valence-corrected chi connectivity index (χ0v) is 27.8. The number of carbonyl (C=O) groups excluding carboxylic acids is 1. The van der Waals surface area contributed by atoms with Crippen LogP contribution in [0.2, 0.25) is 0 Å². The summed E-state index contributed by atoms with van der Waals surface area (Å²) < 4.78 is 27.5. The third-order valence-electron chi connectivity index (χ3n) is 9.41. The highest BCUT2D eigenvalue weighted by atomic mass is 19.1. The van der Waals surface area contributed by atoms with Crippen molar-refractivity contribution in [3.05, 3.63) is 74.1 Å². The number of hydrogen-bond acceptors (Lipinski definition) is 11. The summed E-state index contributed by atoms with van der Waals surface area (Å²) >= 11 is 0. The minimum Gasteiger partial charge on any atom is -0.400 e. The lowest BCUT2D eigenvalue weighted by atomic mass is 9.86. The lowest BCUT2D eigenvalue weighted by Crippen LogP contribution is -2.41. The maximum absolute atomic E-state index is 14.9. The molecule has 3 aromatic rings. The predicted molar refractivity (Wildman–Crippen MR) is 179 cm³/mol. The van der Waals surface area contributed by atoms with Gasteiger partial charge in [0, 0.05) is 48.1 Å².